The van der Waals surface area contributed by atoms with Crippen molar-refractivity contribution >= 4 is 34.6 Å². The Labute approximate surface area is 170 Å². The van der Waals surface area contributed by atoms with Gasteiger partial charge in [-0.25, -0.2) is 9.97 Å². The molecular weight excluding hydrogens is 396 g/mol. The molecule has 0 aliphatic rings. The minimum absolute atomic E-state index is 0.0720. The van der Waals surface area contributed by atoms with Gasteiger partial charge in [0.15, 0.2) is 0 Å². The number of rotatable bonds is 9. The molecule has 1 aromatic carbocycles. The SMILES string of the molecule is COc1ccc(C(=O)NNc2ncnc(NCCc3cccs3)c2[N+](=O)[O-])cc1. The van der Waals surface area contributed by atoms with Gasteiger partial charge >= 0.3 is 5.69 Å². The van der Waals surface area contributed by atoms with E-state index in [2.05, 4.69) is 26.1 Å². The number of aromatic nitrogens is 2. The number of nitrogens with one attached hydrogen (secondary N) is 3. The molecule has 3 aromatic rings. The number of anilines is 2. The van der Waals surface area contributed by atoms with Gasteiger partial charge in [0.25, 0.3) is 5.91 Å². The number of nitrogens with zero attached hydrogens (tertiary/aromatic N) is 3. The maximum atomic E-state index is 12.2. The van der Waals surface area contributed by atoms with Crippen molar-refractivity contribution in [3.05, 3.63) is 68.7 Å². The van der Waals surface area contributed by atoms with Gasteiger partial charge in [0.05, 0.1) is 12.0 Å². The number of hydrogen-bond donors (Lipinski definition) is 3. The topological polar surface area (TPSA) is 131 Å². The first-order valence-electron chi connectivity index (χ1n) is 8.54. The van der Waals surface area contributed by atoms with Crippen molar-refractivity contribution in [2.45, 2.75) is 6.42 Å². The van der Waals surface area contributed by atoms with Crippen molar-refractivity contribution in [1.29, 1.82) is 0 Å². The summed E-state index contributed by atoms with van der Waals surface area (Å²) < 4.78 is 5.04. The van der Waals surface area contributed by atoms with E-state index in [0.717, 1.165) is 4.88 Å². The Bertz CT molecular complexity index is 979. The first kappa shape index (κ1) is 20.0. The van der Waals surface area contributed by atoms with E-state index in [0.29, 0.717) is 24.3 Å². The number of hydrazine groups is 1. The molecule has 0 saturated carbocycles. The van der Waals surface area contributed by atoms with E-state index in [-0.39, 0.29) is 17.3 Å². The molecule has 11 heteroatoms. The van der Waals surface area contributed by atoms with Gasteiger partial charge < -0.3 is 10.1 Å². The fourth-order valence-electron chi connectivity index (χ4n) is 2.46. The molecule has 2 aromatic heterocycles. The summed E-state index contributed by atoms with van der Waals surface area (Å²) in [5, 5.41) is 16.5. The second-order valence-corrected chi connectivity index (χ2v) is 6.77. The van der Waals surface area contributed by atoms with Crippen LogP contribution in [-0.4, -0.2) is 34.5 Å². The molecule has 10 nitrogen and oxygen atoms in total. The van der Waals surface area contributed by atoms with Crippen molar-refractivity contribution in [2.24, 2.45) is 0 Å². The monoisotopic (exact) mass is 414 g/mol. The molecule has 150 valence electrons. The maximum absolute atomic E-state index is 12.2. The van der Waals surface area contributed by atoms with Gasteiger partial charge in [-0.2, -0.15) is 0 Å². The molecule has 0 aliphatic carbocycles. The van der Waals surface area contributed by atoms with Crippen LogP contribution in [0.25, 0.3) is 0 Å². The van der Waals surface area contributed by atoms with Crippen molar-refractivity contribution < 1.29 is 14.5 Å². The third-order valence-electron chi connectivity index (χ3n) is 3.90. The average molecular weight is 414 g/mol. The molecule has 29 heavy (non-hydrogen) atoms. The van der Waals surface area contributed by atoms with Crippen LogP contribution in [0.1, 0.15) is 15.2 Å². The largest absolute Gasteiger partial charge is 0.497 e. The van der Waals surface area contributed by atoms with Crippen LogP contribution < -0.4 is 20.9 Å². The van der Waals surface area contributed by atoms with Gasteiger partial charge in [-0.3, -0.25) is 25.8 Å². The van der Waals surface area contributed by atoms with Crippen LogP contribution in [0.2, 0.25) is 0 Å². The minimum atomic E-state index is -0.602. The van der Waals surface area contributed by atoms with E-state index in [1.54, 1.807) is 35.6 Å². The van der Waals surface area contributed by atoms with Crippen LogP contribution in [0, 0.1) is 10.1 Å². The summed E-state index contributed by atoms with van der Waals surface area (Å²) in [6, 6.07) is 10.3. The Morgan fingerprint density at radius 1 is 1.21 bits per heavy atom. The number of carbonyl (C=O) groups is 1. The molecule has 0 radical (unpaired) electrons. The molecule has 1 amide bonds. The van der Waals surface area contributed by atoms with Gasteiger partial charge in [0.1, 0.15) is 12.1 Å². The highest BCUT2D eigenvalue weighted by molar-refractivity contribution is 7.09. The number of amides is 1. The fourth-order valence-corrected chi connectivity index (χ4v) is 3.17. The molecule has 3 rings (SSSR count). The zero-order chi connectivity index (χ0) is 20.6. The van der Waals surface area contributed by atoms with Gasteiger partial charge in [0.2, 0.25) is 11.6 Å². The molecule has 0 aliphatic heterocycles. The zero-order valence-electron chi connectivity index (χ0n) is 15.4. The summed E-state index contributed by atoms with van der Waals surface area (Å²) in [7, 11) is 1.52. The highest BCUT2D eigenvalue weighted by Gasteiger charge is 2.23. The minimum Gasteiger partial charge on any atom is -0.497 e. The van der Waals surface area contributed by atoms with E-state index in [9.17, 15) is 14.9 Å². The highest BCUT2D eigenvalue weighted by Crippen LogP contribution is 2.28. The second-order valence-electron chi connectivity index (χ2n) is 5.74. The van der Waals surface area contributed by atoms with Crippen LogP contribution >= 0.6 is 11.3 Å². The van der Waals surface area contributed by atoms with Crippen molar-refractivity contribution in [3.63, 3.8) is 0 Å². The highest BCUT2D eigenvalue weighted by atomic mass is 32.1. The lowest BCUT2D eigenvalue weighted by molar-refractivity contribution is -0.383. The number of nitro groups is 1. The Morgan fingerprint density at radius 2 is 1.97 bits per heavy atom. The molecule has 0 bridgehead atoms. The molecule has 0 saturated heterocycles. The summed E-state index contributed by atoms with van der Waals surface area (Å²) in [6.07, 6.45) is 1.89. The van der Waals surface area contributed by atoms with E-state index in [4.69, 9.17) is 4.74 Å². The summed E-state index contributed by atoms with van der Waals surface area (Å²) in [4.78, 5) is 32.2. The summed E-state index contributed by atoms with van der Waals surface area (Å²) >= 11 is 1.61. The average Bonchev–Trinajstić information content (AvgIpc) is 3.25. The number of thiophene rings is 1. The number of methoxy groups -OCH3 is 1. The summed E-state index contributed by atoms with van der Waals surface area (Å²) in [5.41, 5.74) is 4.91. The Kier molecular flexibility index (Phi) is 6.53. The van der Waals surface area contributed by atoms with Crippen LogP contribution in [0.15, 0.2) is 48.1 Å². The molecule has 0 unspecified atom stereocenters. The standard InChI is InChI=1S/C18H18N6O4S/c1-28-13-6-4-12(5-7-13)18(25)23-22-17-15(24(26)27)16(20-11-21-17)19-9-8-14-3-2-10-29-14/h2-7,10-11H,8-9H2,1H3,(H,23,25)(H2,19,20,21,22). The number of ether oxygens (including phenoxy) is 1. The van der Waals surface area contributed by atoms with Crippen molar-refractivity contribution in [2.75, 3.05) is 24.4 Å². The van der Waals surface area contributed by atoms with Gasteiger partial charge in [-0.15, -0.1) is 11.3 Å². The summed E-state index contributed by atoms with van der Waals surface area (Å²) in [6.45, 7) is 0.468. The normalized spacial score (nSPS) is 10.2. The number of benzene rings is 1. The van der Waals surface area contributed by atoms with Crippen molar-refractivity contribution in [3.8, 4) is 5.75 Å². The van der Waals surface area contributed by atoms with Gasteiger partial charge in [-0.05, 0) is 42.1 Å². The van der Waals surface area contributed by atoms with E-state index in [1.165, 1.54) is 13.4 Å². The molecule has 0 spiro atoms. The Morgan fingerprint density at radius 3 is 2.62 bits per heavy atom. The zero-order valence-corrected chi connectivity index (χ0v) is 16.2. The Balaban J connectivity index is 1.67. The lowest BCUT2D eigenvalue weighted by Gasteiger charge is -2.11. The summed E-state index contributed by atoms with van der Waals surface area (Å²) in [5.74, 6) is 0.0835. The first-order valence-corrected chi connectivity index (χ1v) is 9.42. The lowest BCUT2D eigenvalue weighted by Crippen LogP contribution is -2.30. The number of hydrogen-bond acceptors (Lipinski definition) is 9. The van der Waals surface area contributed by atoms with Gasteiger partial charge in [0, 0.05) is 17.0 Å². The molecule has 2 heterocycles. The number of carbonyl (C=O) groups excluding carboxylic acids is 1. The van der Waals surface area contributed by atoms with E-state index >= 15 is 0 Å². The Hall–Kier alpha value is -3.73. The first-order chi connectivity index (χ1) is 14.1. The molecule has 0 fully saturated rings. The van der Waals surface area contributed by atoms with Crippen molar-refractivity contribution in [1.82, 2.24) is 15.4 Å². The maximum Gasteiger partial charge on any atom is 0.354 e. The van der Waals surface area contributed by atoms with Crippen LogP contribution in [0.5, 0.6) is 5.75 Å². The second kappa shape index (κ2) is 9.46. The van der Waals surface area contributed by atoms with Crippen LogP contribution in [0.3, 0.4) is 0 Å². The van der Waals surface area contributed by atoms with E-state index in [1.807, 2.05) is 17.5 Å². The fraction of sp³-hybridized carbons (Fsp3) is 0.167. The molecular formula is C18H18N6O4S. The smallest absolute Gasteiger partial charge is 0.354 e. The van der Waals surface area contributed by atoms with Crippen LogP contribution in [-0.2, 0) is 6.42 Å². The third kappa shape index (κ3) is 5.17. The van der Waals surface area contributed by atoms with Crippen LogP contribution in [0.4, 0.5) is 17.3 Å². The molecule has 0 atom stereocenters. The quantitative estimate of drug-likeness (QED) is 0.360. The predicted octanol–water partition coefficient (Wildman–Crippen LogP) is 2.87. The molecule has 3 N–H and O–H groups in total. The van der Waals surface area contributed by atoms with E-state index < -0.39 is 10.8 Å². The predicted molar refractivity (Wildman–Crippen MR) is 109 cm³/mol. The lowest BCUT2D eigenvalue weighted by atomic mass is 10.2. The van der Waals surface area contributed by atoms with Gasteiger partial charge in [-0.1, -0.05) is 6.07 Å². The third-order valence-corrected chi connectivity index (χ3v) is 4.83.